The van der Waals surface area contributed by atoms with Crippen molar-refractivity contribution in [3.05, 3.63) is 52.0 Å². The number of rotatable bonds is 1. The van der Waals surface area contributed by atoms with Crippen molar-refractivity contribution in [3.8, 4) is 11.5 Å². The van der Waals surface area contributed by atoms with Gasteiger partial charge < -0.3 is 4.98 Å². The van der Waals surface area contributed by atoms with Crippen LogP contribution in [0.25, 0.3) is 28.2 Å². The number of aromatic nitrogens is 6. The molecule has 7 nitrogen and oxygen atoms in total. The Morgan fingerprint density at radius 2 is 2.04 bits per heavy atom. The Hall–Kier alpha value is -3.16. The maximum atomic E-state index is 13.3. The average Bonchev–Trinajstić information content (AvgIpc) is 2.87. The number of halogens is 1. The van der Waals surface area contributed by atoms with E-state index in [1.165, 1.54) is 6.07 Å². The van der Waals surface area contributed by atoms with Crippen molar-refractivity contribution in [3.63, 3.8) is 0 Å². The van der Waals surface area contributed by atoms with Crippen LogP contribution in [-0.2, 0) is 0 Å². The minimum atomic E-state index is -0.550. The van der Waals surface area contributed by atoms with Crippen molar-refractivity contribution >= 4 is 16.7 Å². The normalized spacial score (nSPS) is 11.4. The molecule has 0 aliphatic rings. The molecule has 0 unspecified atom stereocenters. The van der Waals surface area contributed by atoms with Gasteiger partial charge in [-0.1, -0.05) is 0 Å². The second kappa shape index (κ2) is 4.67. The van der Waals surface area contributed by atoms with Crippen LogP contribution < -0.4 is 5.56 Å². The summed E-state index contributed by atoms with van der Waals surface area (Å²) in [4.78, 5) is 27.2. The fraction of sp³-hybridized carbons (Fsp3) is 0.133. The number of pyridine rings is 1. The van der Waals surface area contributed by atoms with Crippen molar-refractivity contribution in [1.82, 2.24) is 29.5 Å². The van der Waals surface area contributed by atoms with Crippen LogP contribution in [0.3, 0.4) is 0 Å². The van der Waals surface area contributed by atoms with Crippen LogP contribution in [-0.4, -0.2) is 29.5 Å². The summed E-state index contributed by atoms with van der Waals surface area (Å²) in [5, 5.41) is 4.40. The molecule has 0 fully saturated rings. The standard InChI is InChI=1S/C15H11FN6O/c1-7-3-11(21-22-6-8(2)18-14(7)22)13-19-10-4-9(16)5-17-12(10)15(23)20-13/h3-6H,1-2H3,(H,19,20,23). The van der Waals surface area contributed by atoms with E-state index >= 15 is 0 Å². The summed E-state index contributed by atoms with van der Waals surface area (Å²) < 4.78 is 15.0. The molecule has 0 saturated carbocycles. The number of hydrogen-bond donors (Lipinski definition) is 1. The first-order valence-electron chi connectivity index (χ1n) is 6.91. The largest absolute Gasteiger partial charge is 0.303 e. The number of aryl methyl sites for hydroxylation is 2. The van der Waals surface area contributed by atoms with Crippen LogP contribution in [0.2, 0.25) is 0 Å². The molecule has 23 heavy (non-hydrogen) atoms. The van der Waals surface area contributed by atoms with Crippen LogP contribution in [0.15, 0.2) is 29.3 Å². The summed E-state index contributed by atoms with van der Waals surface area (Å²) >= 11 is 0. The van der Waals surface area contributed by atoms with Crippen molar-refractivity contribution in [2.24, 2.45) is 0 Å². The van der Waals surface area contributed by atoms with Gasteiger partial charge in [-0.25, -0.2) is 23.9 Å². The molecule has 1 N–H and O–H groups in total. The number of nitrogens with one attached hydrogen (secondary N) is 1. The van der Waals surface area contributed by atoms with E-state index in [1.807, 2.05) is 13.8 Å². The number of H-pyrrole nitrogens is 1. The molecule has 0 radical (unpaired) electrons. The zero-order valence-corrected chi connectivity index (χ0v) is 12.3. The summed E-state index contributed by atoms with van der Waals surface area (Å²) in [6.45, 7) is 3.77. The molecule has 0 atom stereocenters. The Kier molecular flexibility index (Phi) is 2.74. The third-order valence-corrected chi connectivity index (χ3v) is 3.49. The van der Waals surface area contributed by atoms with Gasteiger partial charge in [-0.05, 0) is 25.5 Å². The summed E-state index contributed by atoms with van der Waals surface area (Å²) in [6, 6.07) is 2.95. The van der Waals surface area contributed by atoms with Gasteiger partial charge in [-0.15, -0.1) is 0 Å². The van der Waals surface area contributed by atoms with E-state index in [2.05, 4.69) is 25.0 Å². The van der Waals surface area contributed by atoms with E-state index in [0.29, 0.717) is 5.69 Å². The Morgan fingerprint density at radius 1 is 1.22 bits per heavy atom. The van der Waals surface area contributed by atoms with Gasteiger partial charge in [0.05, 0.1) is 23.6 Å². The lowest BCUT2D eigenvalue weighted by molar-refractivity contribution is 0.623. The van der Waals surface area contributed by atoms with Crippen molar-refractivity contribution in [1.29, 1.82) is 0 Å². The molecule has 4 aromatic rings. The number of nitrogens with zero attached hydrogens (tertiary/aromatic N) is 5. The highest BCUT2D eigenvalue weighted by Gasteiger charge is 2.12. The van der Waals surface area contributed by atoms with E-state index in [9.17, 15) is 9.18 Å². The molecule has 114 valence electrons. The van der Waals surface area contributed by atoms with Gasteiger partial charge in [0.15, 0.2) is 17.0 Å². The fourth-order valence-corrected chi connectivity index (χ4v) is 2.49. The van der Waals surface area contributed by atoms with Gasteiger partial charge in [0.25, 0.3) is 5.56 Å². The number of aromatic amines is 1. The monoisotopic (exact) mass is 310 g/mol. The van der Waals surface area contributed by atoms with Gasteiger partial charge in [-0.3, -0.25) is 4.79 Å². The molecular formula is C15H11FN6O. The molecule has 4 rings (SSSR count). The van der Waals surface area contributed by atoms with E-state index in [0.717, 1.165) is 23.1 Å². The SMILES string of the molecule is Cc1cn2nc(-c3nc4cc(F)cnc4c(=O)[nH]3)cc(C)c2n1. The van der Waals surface area contributed by atoms with Crippen LogP contribution in [0.5, 0.6) is 0 Å². The van der Waals surface area contributed by atoms with E-state index in [-0.39, 0.29) is 16.9 Å². The predicted molar refractivity (Wildman–Crippen MR) is 81.6 cm³/mol. The summed E-state index contributed by atoms with van der Waals surface area (Å²) in [5.74, 6) is -0.294. The zero-order chi connectivity index (χ0) is 16.1. The molecule has 0 aromatic carbocycles. The first kappa shape index (κ1) is 13.5. The second-order valence-electron chi connectivity index (χ2n) is 5.30. The molecule has 0 bridgehead atoms. The Labute approximate surface area is 128 Å². The van der Waals surface area contributed by atoms with Crippen LogP contribution in [0.4, 0.5) is 4.39 Å². The van der Waals surface area contributed by atoms with Gasteiger partial charge in [-0.2, -0.15) is 5.10 Å². The smallest absolute Gasteiger partial charge is 0.277 e. The topological polar surface area (TPSA) is 88.8 Å². The molecule has 0 amide bonds. The van der Waals surface area contributed by atoms with Crippen LogP contribution in [0.1, 0.15) is 11.3 Å². The van der Waals surface area contributed by atoms with Crippen molar-refractivity contribution < 1.29 is 4.39 Å². The third-order valence-electron chi connectivity index (χ3n) is 3.49. The maximum absolute atomic E-state index is 13.3. The molecule has 8 heteroatoms. The summed E-state index contributed by atoms with van der Waals surface area (Å²) in [7, 11) is 0. The summed E-state index contributed by atoms with van der Waals surface area (Å²) in [6.07, 6.45) is 2.77. The Morgan fingerprint density at radius 3 is 2.87 bits per heavy atom. The third kappa shape index (κ3) is 2.15. The lowest BCUT2D eigenvalue weighted by Gasteiger charge is -2.04. The Balaban J connectivity index is 2.00. The minimum absolute atomic E-state index is 0.0893. The molecule has 0 aliphatic heterocycles. The molecular weight excluding hydrogens is 299 g/mol. The molecule has 0 aliphatic carbocycles. The summed E-state index contributed by atoms with van der Waals surface area (Å²) in [5.41, 5.74) is 2.77. The quantitative estimate of drug-likeness (QED) is 0.579. The predicted octanol–water partition coefficient (Wildman–Crippen LogP) is 1.78. The van der Waals surface area contributed by atoms with Crippen molar-refractivity contribution in [2.45, 2.75) is 13.8 Å². The molecule has 4 heterocycles. The van der Waals surface area contributed by atoms with Gasteiger partial charge >= 0.3 is 0 Å². The first-order valence-corrected chi connectivity index (χ1v) is 6.91. The highest BCUT2D eigenvalue weighted by Crippen LogP contribution is 2.18. The number of hydrogen-bond acceptors (Lipinski definition) is 5. The van der Waals surface area contributed by atoms with Gasteiger partial charge in [0.1, 0.15) is 11.5 Å². The van der Waals surface area contributed by atoms with Crippen LogP contribution >= 0.6 is 0 Å². The zero-order valence-electron chi connectivity index (χ0n) is 12.3. The Bertz CT molecular complexity index is 1130. The molecule has 4 aromatic heterocycles. The second-order valence-corrected chi connectivity index (χ2v) is 5.30. The number of fused-ring (bicyclic) bond motifs is 2. The molecule has 0 saturated heterocycles. The number of imidazole rings is 1. The van der Waals surface area contributed by atoms with E-state index < -0.39 is 11.4 Å². The maximum Gasteiger partial charge on any atom is 0.277 e. The minimum Gasteiger partial charge on any atom is -0.303 e. The van der Waals surface area contributed by atoms with Crippen molar-refractivity contribution in [2.75, 3.05) is 0 Å². The van der Waals surface area contributed by atoms with E-state index in [1.54, 1.807) is 16.8 Å². The lowest BCUT2D eigenvalue weighted by Crippen LogP contribution is -2.12. The first-order chi connectivity index (χ1) is 11.0. The van der Waals surface area contributed by atoms with Gasteiger partial charge in [0, 0.05) is 6.07 Å². The van der Waals surface area contributed by atoms with Crippen LogP contribution in [0, 0.1) is 19.7 Å². The van der Waals surface area contributed by atoms with Gasteiger partial charge in [0.2, 0.25) is 0 Å². The molecule has 0 spiro atoms. The van der Waals surface area contributed by atoms with E-state index in [4.69, 9.17) is 0 Å². The highest BCUT2D eigenvalue weighted by molar-refractivity contribution is 5.75. The fourth-order valence-electron chi connectivity index (χ4n) is 2.49. The average molecular weight is 310 g/mol. The highest BCUT2D eigenvalue weighted by atomic mass is 19.1. The lowest BCUT2D eigenvalue weighted by atomic mass is 10.2.